The maximum atomic E-state index is 12.2. The molecule has 2 rings (SSSR count). The van der Waals surface area contributed by atoms with Gasteiger partial charge in [0.2, 0.25) is 0 Å². The molecule has 1 amide bonds. The molecule has 0 spiro atoms. The standard InChI is InChI=1S/C14H18N4O/c1-8-5-6-11(7-12(8)15)14(19)16-13-9(2)17-18(4)10(13)3/h5-7H,15H2,1-4H3,(H,16,19). The number of nitrogens with zero attached hydrogens (tertiary/aromatic N) is 2. The lowest BCUT2D eigenvalue weighted by atomic mass is 10.1. The summed E-state index contributed by atoms with van der Waals surface area (Å²) in [5, 5.41) is 7.15. The van der Waals surface area contributed by atoms with Crippen molar-refractivity contribution >= 4 is 17.3 Å². The van der Waals surface area contributed by atoms with Crippen molar-refractivity contribution in [2.24, 2.45) is 7.05 Å². The average Bonchev–Trinajstić information content (AvgIpc) is 2.59. The number of benzene rings is 1. The maximum Gasteiger partial charge on any atom is 0.255 e. The zero-order chi connectivity index (χ0) is 14.2. The second kappa shape index (κ2) is 4.76. The third-order valence-corrected chi connectivity index (χ3v) is 3.29. The van der Waals surface area contributed by atoms with Crippen molar-refractivity contribution in [1.82, 2.24) is 9.78 Å². The molecule has 100 valence electrons. The molecule has 0 aliphatic heterocycles. The third kappa shape index (κ3) is 2.45. The molecular weight excluding hydrogens is 240 g/mol. The van der Waals surface area contributed by atoms with Crippen molar-refractivity contribution in [3.05, 3.63) is 40.7 Å². The molecule has 2 aromatic rings. The molecule has 0 atom stereocenters. The summed E-state index contributed by atoms with van der Waals surface area (Å²) in [7, 11) is 1.85. The van der Waals surface area contributed by atoms with E-state index in [1.54, 1.807) is 16.8 Å². The highest BCUT2D eigenvalue weighted by Crippen LogP contribution is 2.20. The molecule has 0 saturated heterocycles. The van der Waals surface area contributed by atoms with E-state index in [9.17, 15) is 4.79 Å². The SMILES string of the molecule is Cc1ccc(C(=O)Nc2c(C)nn(C)c2C)cc1N. The Bertz CT molecular complexity index is 643. The van der Waals surface area contributed by atoms with Gasteiger partial charge in [0, 0.05) is 18.3 Å². The van der Waals surface area contributed by atoms with E-state index in [1.165, 1.54) is 0 Å². The summed E-state index contributed by atoms with van der Waals surface area (Å²) in [6.45, 7) is 5.69. The number of anilines is 2. The molecule has 19 heavy (non-hydrogen) atoms. The fraction of sp³-hybridized carbons (Fsp3) is 0.286. The summed E-state index contributed by atoms with van der Waals surface area (Å²) in [6.07, 6.45) is 0. The van der Waals surface area contributed by atoms with Crippen LogP contribution in [0.5, 0.6) is 0 Å². The van der Waals surface area contributed by atoms with Gasteiger partial charge in [0.15, 0.2) is 0 Å². The fourth-order valence-corrected chi connectivity index (χ4v) is 1.92. The zero-order valence-electron chi connectivity index (χ0n) is 11.6. The smallest absolute Gasteiger partial charge is 0.255 e. The summed E-state index contributed by atoms with van der Waals surface area (Å²) in [5.41, 5.74) is 10.4. The Kier molecular flexibility index (Phi) is 3.29. The Labute approximate surface area is 112 Å². The minimum absolute atomic E-state index is 0.175. The number of amides is 1. The highest BCUT2D eigenvalue weighted by molar-refractivity contribution is 6.05. The highest BCUT2D eigenvalue weighted by Gasteiger charge is 2.14. The van der Waals surface area contributed by atoms with Crippen molar-refractivity contribution in [2.45, 2.75) is 20.8 Å². The average molecular weight is 258 g/mol. The van der Waals surface area contributed by atoms with Crippen molar-refractivity contribution in [2.75, 3.05) is 11.1 Å². The lowest BCUT2D eigenvalue weighted by Gasteiger charge is -2.07. The van der Waals surface area contributed by atoms with Crippen LogP contribution in [0.1, 0.15) is 27.3 Å². The summed E-state index contributed by atoms with van der Waals surface area (Å²) in [4.78, 5) is 12.2. The Morgan fingerprint density at radius 2 is 2.00 bits per heavy atom. The van der Waals surface area contributed by atoms with Crippen LogP contribution in [0.4, 0.5) is 11.4 Å². The predicted octanol–water partition coefficient (Wildman–Crippen LogP) is 2.18. The van der Waals surface area contributed by atoms with E-state index in [2.05, 4.69) is 10.4 Å². The first kappa shape index (κ1) is 13.1. The molecule has 0 aliphatic rings. The van der Waals surface area contributed by atoms with Crippen LogP contribution in [0.25, 0.3) is 0 Å². The van der Waals surface area contributed by atoms with E-state index in [0.29, 0.717) is 11.3 Å². The molecule has 0 saturated carbocycles. The summed E-state index contributed by atoms with van der Waals surface area (Å²) in [5.74, 6) is -0.175. The first-order valence-electron chi connectivity index (χ1n) is 6.08. The van der Waals surface area contributed by atoms with Gasteiger partial charge in [-0.15, -0.1) is 0 Å². The van der Waals surface area contributed by atoms with Crippen LogP contribution in [0.15, 0.2) is 18.2 Å². The lowest BCUT2D eigenvalue weighted by Crippen LogP contribution is -2.13. The van der Waals surface area contributed by atoms with Crippen molar-refractivity contribution < 1.29 is 4.79 Å². The molecule has 1 aromatic heterocycles. The minimum atomic E-state index is -0.175. The second-order valence-electron chi connectivity index (χ2n) is 4.69. The van der Waals surface area contributed by atoms with E-state index in [4.69, 9.17) is 5.73 Å². The Morgan fingerprint density at radius 3 is 2.53 bits per heavy atom. The van der Waals surface area contributed by atoms with Gasteiger partial charge in [-0.25, -0.2) is 0 Å². The quantitative estimate of drug-likeness (QED) is 0.811. The number of aryl methyl sites for hydroxylation is 3. The molecule has 0 bridgehead atoms. The summed E-state index contributed by atoms with van der Waals surface area (Å²) >= 11 is 0. The fourth-order valence-electron chi connectivity index (χ4n) is 1.92. The first-order valence-corrected chi connectivity index (χ1v) is 6.08. The Morgan fingerprint density at radius 1 is 1.32 bits per heavy atom. The molecular formula is C14H18N4O. The van der Waals surface area contributed by atoms with Crippen LogP contribution in [0, 0.1) is 20.8 Å². The highest BCUT2D eigenvalue weighted by atomic mass is 16.1. The molecule has 5 heteroatoms. The summed E-state index contributed by atoms with van der Waals surface area (Å²) < 4.78 is 1.74. The molecule has 5 nitrogen and oxygen atoms in total. The molecule has 0 unspecified atom stereocenters. The number of nitrogens with two attached hydrogens (primary N) is 1. The number of hydrogen-bond acceptors (Lipinski definition) is 3. The van der Waals surface area contributed by atoms with Crippen LogP contribution in [0.3, 0.4) is 0 Å². The molecule has 0 radical (unpaired) electrons. The normalized spacial score (nSPS) is 10.5. The molecule has 0 fully saturated rings. The van der Waals surface area contributed by atoms with Crippen LogP contribution >= 0.6 is 0 Å². The van der Waals surface area contributed by atoms with Gasteiger partial charge in [-0.2, -0.15) is 5.10 Å². The van der Waals surface area contributed by atoms with E-state index in [1.807, 2.05) is 33.9 Å². The van der Waals surface area contributed by atoms with E-state index in [0.717, 1.165) is 22.6 Å². The number of nitrogens with one attached hydrogen (secondary N) is 1. The van der Waals surface area contributed by atoms with Gasteiger partial charge < -0.3 is 11.1 Å². The summed E-state index contributed by atoms with van der Waals surface area (Å²) in [6, 6.07) is 5.29. The maximum absolute atomic E-state index is 12.2. The lowest BCUT2D eigenvalue weighted by molar-refractivity contribution is 0.102. The molecule has 0 aliphatic carbocycles. The van der Waals surface area contributed by atoms with E-state index < -0.39 is 0 Å². The number of nitrogen functional groups attached to an aromatic ring is 1. The topological polar surface area (TPSA) is 72.9 Å². The van der Waals surface area contributed by atoms with Gasteiger partial charge in [0.25, 0.3) is 5.91 Å². The number of hydrogen-bond donors (Lipinski definition) is 2. The van der Waals surface area contributed by atoms with Gasteiger partial charge in [0.05, 0.1) is 17.1 Å². The third-order valence-electron chi connectivity index (χ3n) is 3.29. The van der Waals surface area contributed by atoms with Gasteiger partial charge >= 0.3 is 0 Å². The van der Waals surface area contributed by atoms with Crippen molar-refractivity contribution in [1.29, 1.82) is 0 Å². The molecule has 1 heterocycles. The van der Waals surface area contributed by atoms with E-state index in [-0.39, 0.29) is 5.91 Å². The van der Waals surface area contributed by atoms with Crippen LogP contribution < -0.4 is 11.1 Å². The minimum Gasteiger partial charge on any atom is -0.398 e. The van der Waals surface area contributed by atoms with Gasteiger partial charge in [0.1, 0.15) is 0 Å². The predicted molar refractivity (Wildman–Crippen MR) is 76.2 cm³/mol. The van der Waals surface area contributed by atoms with Crippen LogP contribution in [-0.2, 0) is 7.05 Å². The van der Waals surface area contributed by atoms with Crippen LogP contribution in [-0.4, -0.2) is 15.7 Å². The number of carbonyl (C=O) groups is 1. The van der Waals surface area contributed by atoms with Crippen molar-refractivity contribution in [3.8, 4) is 0 Å². The van der Waals surface area contributed by atoms with Gasteiger partial charge in [-0.05, 0) is 38.5 Å². The van der Waals surface area contributed by atoms with Crippen molar-refractivity contribution in [3.63, 3.8) is 0 Å². The zero-order valence-corrected chi connectivity index (χ0v) is 11.6. The number of rotatable bonds is 2. The Hall–Kier alpha value is -2.30. The van der Waals surface area contributed by atoms with E-state index >= 15 is 0 Å². The van der Waals surface area contributed by atoms with Crippen LogP contribution in [0.2, 0.25) is 0 Å². The molecule has 1 aromatic carbocycles. The monoisotopic (exact) mass is 258 g/mol. The van der Waals surface area contributed by atoms with Gasteiger partial charge in [-0.1, -0.05) is 6.07 Å². The number of carbonyl (C=O) groups excluding carboxylic acids is 1. The largest absolute Gasteiger partial charge is 0.398 e. The Balaban J connectivity index is 2.28. The number of aromatic nitrogens is 2. The first-order chi connectivity index (χ1) is 8.90. The molecule has 3 N–H and O–H groups in total. The second-order valence-corrected chi connectivity index (χ2v) is 4.69. The van der Waals surface area contributed by atoms with Gasteiger partial charge in [-0.3, -0.25) is 9.48 Å².